The highest BCUT2D eigenvalue weighted by molar-refractivity contribution is 6.12. The van der Waals surface area contributed by atoms with Gasteiger partial charge in [-0.3, -0.25) is 9.78 Å². The molecule has 1 N–H and O–H groups in total. The molecule has 0 bridgehead atoms. The van der Waals surface area contributed by atoms with Gasteiger partial charge in [0.1, 0.15) is 5.75 Å². The van der Waals surface area contributed by atoms with E-state index >= 15 is 0 Å². The number of ketones is 1. The molecule has 0 unspecified atom stereocenters. The number of phenols is 1. The summed E-state index contributed by atoms with van der Waals surface area (Å²) >= 11 is 0. The third kappa shape index (κ3) is 2.67. The van der Waals surface area contributed by atoms with Gasteiger partial charge in [-0.2, -0.15) is 0 Å². The number of carbonyl (C=O) groups excluding carboxylic acids is 1. The van der Waals surface area contributed by atoms with Crippen LogP contribution in [-0.2, 0) is 0 Å². The summed E-state index contributed by atoms with van der Waals surface area (Å²) in [4.78, 5) is 16.7. The van der Waals surface area contributed by atoms with Gasteiger partial charge in [-0.05, 0) is 29.8 Å². The third-order valence-corrected chi connectivity index (χ3v) is 3.26. The highest BCUT2D eigenvalue weighted by Gasteiger charge is 2.15. The van der Waals surface area contributed by atoms with Crippen LogP contribution in [0.3, 0.4) is 0 Å². The van der Waals surface area contributed by atoms with Crippen LogP contribution in [0.1, 0.15) is 15.9 Å². The smallest absolute Gasteiger partial charge is 0.193 e. The number of pyridine rings is 1. The number of rotatable bonds is 3. The molecule has 0 radical (unpaired) electrons. The average Bonchev–Trinajstić information content (AvgIpc) is 2.56. The molecule has 0 aliphatic heterocycles. The van der Waals surface area contributed by atoms with E-state index in [4.69, 9.17) is 0 Å². The van der Waals surface area contributed by atoms with Crippen molar-refractivity contribution in [2.45, 2.75) is 0 Å². The Hall–Kier alpha value is -2.94. The van der Waals surface area contributed by atoms with E-state index in [1.165, 1.54) is 6.07 Å². The van der Waals surface area contributed by atoms with Crippen molar-refractivity contribution in [3.05, 3.63) is 84.2 Å². The summed E-state index contributed by atoms with van der Waals surface area (Å²) in [5.41, 5.74) is 2.64. The SMILES string of the molecule is O=C(c1ccccc1)c1ccc(O)cc1-c1cccnc1. The lowest BCUT2D eigenvalue weighted by Gasteiger charge is -2.09. The van der Waals surface area contributed by atoms with Crippen LogP contribution in [0.15, 0.2) is 73.1 Å². The molecule has 102 valence electrons. The van der Waals surface area contributed by atoms with Crippen LogP contribution in [0.4, 0.5) is 0 Å². The molecule has 0 saturated carbocycles. The molecule has 0 saturated heterocycles. The summed E-state index contributed by atoms with van der Waals surface area (Å²) in [5.74, 6) is 0.0490. The van der Waals surface area contributed by atoms with Crippen molar-refractivity contribution in [3.8, 4) is 16.9 Å². The minimum atomic E-state index is -0.0746. The van der Waals surface area contributed by atoms with Crippen LogP contribution >= 0.6 is 0 Å². The third-order valence-electron chi connectivity index (χ3n) is 3.26. The number of aromatic hydroxyl groups is 1. The molecule has 3 heteroatoms. The van der Waals surface area contributed by atoms with Gasteiger partial charge >= 0.3 is 0 Å². The van der Waals surface area contributed by atoms with Gasteiger partial charge in [0.15, 0.2) is 5.78 Å². The molecule has 2 aromatic carbocycles. The van der Waals surface area contributed by atoms with Gasteiger partial charge in [0.05, 0.1) is 0 Å². The van der Waals surface area contributed by atoms with Gasteiger partial charge in [0, 0.05) is 29.1 Å². The predicted molar refractivity (Wildman–Crippen MR) is 81.2 cm³/mol. The average molecular weight is 275 g/mol. The standard InChI is InChI=1S/C18H13NO2/c20-15-8-9-16(18(21)13-5-2-1-3-6-13)17(11-15)14-7-4-10-19-12-14/h1-12,20H. The molecule has 3 nitrogen and oxygen atoms in total. The topological polar surface area (TPSA) is 50.2 Å². The molecule has 21 heavy (non-hydrogen) atoms. The minimum absolute atomic E-state index is 0.0746. The molecule has 0 atom stereocenters. The van der Waals surface area contributed by atoms with Gasteiger partial charge in [-0.15, -0.1) is 0 Å². The van der Waals surface area contributed by atoms with E-state index in [9.17, 15) is 9.90 Å². The maximum Gasteiger partial charge on any atom is 0.193 e. The van der Waals surface area contributed by atoms with E-state index in [-0.39, 0.29) is 11.5 Å². The molecule has 0 spiro atoms. The van der Waals surface area contributed by atoms with Gasteiger partial charge in [-0.25, -0.2) is 0 Å². The second-order valence-electron chi connectivity index (χ2n) is 4.67. The van der Waals surface area contributed by atoms with Crippen LogP contribution in [0, 0.1) is 0 Å². The second-order valence-corrected chi connectivity index (χ2v) is 4.67. The monoisotopic (exact) mass is 275 g/mol. The lowest BCUT2D eigenvalue weighted by atomic mass is 9.94. The number of aromatic nitrogens is 1. The van der Waals surface area contributed by atoms with Crippen molar-refractivity contribution in [2.75, 3.05) is 0 Å². The number of phenolic OH excluding ortho intramolecular Hbond substituents is 1. The zero-order valence-corrected chi connectivity index (χ0v) is 11.2. The first-order valence-electron chi connectivity index (χ1n) is 6.59. The first kappa shape index (κ1) is 13.1. The highest BCUT2D eigenvalue weighted by Crippen LogP contribution is 2.28. The van der Waals surface area contributed by atoms with E-state index in [0.717, 1.165) is 5.56 Å². The van der Waals surface area contributed by atoms with E-state index in [2.05, 4.69) is 4.98 Å². The Morgan fingerprint density at radius 3 is 2.48 bits per heavy atom. The zero-order chi connectivity index (χ0) is 14.7. The van der Waals surface area contributed by atoms with Crippen molar-refractivity contribution in [3.63, 3.8) is 0 Å². The van der Waals surface area contributed by atoms with E-state index < -0.39 is 0 Å². The van der Waals surface area contributed by atoms with Crippen molar-refractivity contribution in [2.24, 2.45) is 0 Å². The fraction of sp³-hybridized carbons (Fsp3) is 0. The van der Waals surface area contributed by atoms with Crippen molar-refractivity contribution < 1.29 is 9.90 Å². The van der Waals surface area contributed by atoms with Crippen molar-refractivity contribution in [1.82, 2.24) is 4.98 Å². The van der Waals surface area contributed by atoms with Gasteiger partial charge in [-0.1, -0.05) is 36.4 Å². The quantitative estimate of drug-likeness (QED) is 0.742. The molecule has 0 fully saturated rings. The van der Waals surface area contributed by atoms with Crippen LogP contribution in [-0.4, -0.2) is 15.9 Å². The Bertz CT molecular complexity index is 768. The zero-order valence-electron chi connectivity index (χ0n) is 11.2. The number of hydrogen-bond donors (Lipinski definition) is 1. The molecule has 3 rings (SSSR count). The molecular formula is C18H13NO2. The lowest BCUT2D eigenvalue weighted by Crippen LogP contribution is -2.03. The molecular weight excluding hydrogens is 262 g/mol. The molecule has 0 amide bonds. The molecule has 0 aliphatic carbocycles. The Labute approximate surface area is 122 Å². The first-order chi connectivity index (χ1) is 10.3. The fourth-order valence-corrected chi connectivity index (χ4v) is 2.24. The van der Waals surface area contributed by atoms with Gasteiger partial charge < -0.3 is 5.11 Å². The minimum Gasteiger partial charge on any atom is -0.508 e. The van der Waals surface area contributed by atoms with Crippen molar-refractivity contribution >= 4 is 5.78 Å². The Morgan fingerprint density at radius 1 is 0.952 bits per heavy atom. The molecule has 1 aromatic heterocycles. The number of carbonyl (C=O) groups is 1. The molecule has 0 aliphatic rings. The summed E-state index contributed by atoms with van der Waals surface area (Å²) in [6, 6.07) is 17.5. The van der Waals surface area contributed by atoms with E-state index in [0.29, 0.717) is 16.7 Å². The number of hydrogen-bond acceptors (Lipinski definition) is 3. The first-order valence-corrected chi connectivity index (χ1v) is 6.59. The maximum atomic E-state index is 12.6. The van der Waals surface area contributed by atoms with Crippen LogP contribution in [0.5, 0.6) is 5.75 Å². The largest absolute Gasteiger partial charge is 0.508 e. The van der Waals surface area contributed by atoms with Crippen LogP contribution in [0.25, 0.3) is 11.1 Å². The van der Waals surface area contributed by atoms with Gasteiger partial charge in [0.2, 0.25) is 0 Å². The maximum absolute atomic E-state index is 12.6. The normalized spacial score (nSPS) is 10.3. The molecule has 1 heterocycles. The molecule has 3 aromatic rings. The Morgan fingerprint density at radius 2 is 1.76 bits per heavy atom. The lowest BCUT2D eigenvalue weighted by molar-refractivity contribution is 0.103. The van der Waals surface area contributed by atoms with Crippen LogP contribution in [0.2, 0.25) is 0 Å². The highest BCUT2D eigenvalue weighted by atomic mass is 16.3. The number of nitrogens with zero attached hydrogens (tertiary/aromatic N) is 1. The van der Waals surface area contributed by atoms with Crippen LogP contribution < -0.4 is 0 Å². The summed E-state index contributed by atoms with van der Waals surface area (Å²) in [7, 11) is 0. The second kappa shape index (κ2) is 5.59. The Balaban J connectivity index is 2.14. The summed E-state index contributed by atoms with van der Waals surface area (Å²) in [6.45, 7) is 0. The fourth-order valence-electron chi connectivity index (χ4n) is 2.24. The van der Waals surface area contributed by atoms with Gasteiger partial charge in [0.25, 0.3) is 0 Å². The number of benzene rings is 2. The van der Waals surface area contributed by atoms with E-state index in [1.807, 2.05) is 24.3 Å². The van der Waals surface area contributed by atoms with Crippen molar-refractivity contribution in [1.29, 1.82) is 0 Å². The summed E-state index contributed by atoms with van der Waals surface area (Å²) in [5, 5.41) is 9.72. The predicted octanol–water partition coefficient (Wildman–Crippen LogP) is 3.69. The Kier molecular flexibility index (Phi) is 3.48. The van der Waals surface area contributed by atoms with E-state index in [1.54, 1.807) is 42.7 Å². The summed E-state index contributed by atoms with van der Waals surface area (Å²) < 4.78 is 0. The summed E-state index contributed by atoms with van der Waals surface area (Å²) in [6.07, 6.45) is 3.35.